The molecule has 0 amide bonds. The Hall–Kier alpha value is -0.0800. The number of hydrogen-bond donors (Lipinski definition) is 0. The second-order valence-corrected chi connectivity index (χ2v) is 3.97. The van der Waals surface area contributed by atoms with Crippen molar-refractivity contribution in [1.29, 1.82) is 0 Å². The molecule has 0 aromatic rings. The van der Waals surface area contributed by atoms with E-state index < -0.39 is 0 Å². The molecule has 1 aliphatic rings. The van der Waals surface area contributed by atoms with E-state index in [1.807, 2.05) is 0 Å². The molecule has 0 spiro atoms. The monoisotopic (exact) mass is 157 g/mol. The van der Waals surface area contributed by atoms with Crippen molar-refractivity contribution in [3.63, 3.8) is 0 Å². The van der Waals surface area contributed by atoms with Crippen LogP contribution in [0.15, 0.2) is 0 Å². The van der Waals surface area contributed by atoms with Crippen LogP contribution in [0.2, 0.25) is 0 Å². The molecule has 1 fully saturated rings. The Morgan fingerprint density at radius 2 is 1.55 bits per heavy atom. The van der Waals surface area contributed by atoms with Crippen LogP contribution in [0, 0.1) is 11.8 Å². The first-order valence-corrected chi connectivity index (χ1v) is 4.44. The molecule has 0 N–H and O–H groups in total. The third kappa shape index (κ3) is 3.21. The fourth-order valence-electron chi connectivity index (χ4n) is 1.71. The lowest BCUT2D eigenvalue weighted by molar-refractivity contribution is 0.0372. The minimum absolute atomic E-state index is 0.687. The van der Waals surface area contributed by atoms with E-state index in [1.54, 1.807) is 0 Å². The Bertz CT molecular complexity index is 104. The summed E-state index contributed by atoms with van der Waals surface area (Å²) in [6.07, 6.45) is 0. The predicted octanol–water partition coefficient (Wildman–Crippen LogP) is 1.22. The first kappa shape index (κ1) is 9.01. The zero-order valence-corrected chi connectivity index (χ0v) is 7.84. The Morgan fingerprint density at radius 1 is 1.09 bits per heavy atom. The van der Waals surface area contributed by atoms with Crippen molar-refractivity contribution < 1.29 is 4.74 Å². The van der Waals surface area contributed by atoms with Gasteiger partial charge in [-0.05, 0) is 18.9 Å². The van der Waals surface area contributed by atoms with Gasteiger partial charge in [0.1, 0.15) is 0 Å². The summed E-state index contributed by atoms with van der Waals surface area (Å²) in [5.41, 5.74) is 0. The number of ether oxygens (including phenoxy) is 1. The zero-order valence-electron chi connectivity index (χ0n) is 7.84. The van der Waals surface area contributed by atoms with Gasteiger partial charge in [-0.1, -0.05) is 13.8 Å². The number of rotatable bonds is 0. The first-order valence-electron chi connectivity index (χ1n) is 4.44. The van der Waals surface area contributed by atoms with Crippen LogP contribution in [0.3, 0.4) is 0 Å². The van der Waals surface area contributed by atoms with Gasteiger partial charge in [-0.3, -0.25) is 0 Å². The SMILES string of the molecule is CC1COCC(C)CN(C)C1. The molecule has 2 heteroatoms. The molecule has 2 nitrogen and oxygen atoms in total. The summed E-state index contributed by atoms with van der Waals surface area (Å²) in [6.45, 7) is 8.68. The average Bonchev–Trinajstić information content (AvgIpc) is 1.83. The fourth-order valence-corrected chi connectivity index (χ4v) is 1.71. The lowest BCUT2D eigenvalue weighted by Crippen LogP contribution is -2.35. The maximum atomic E-state index is 5.52. The molecule has 1 rings (SSSR count). The van der Waals surface area contributed by atoms with Crippen LogP contribution in [0.1, 0.15) is 13.8 Å². The molecule has 1 aliphatic heterocycles. The van der Waals surface area contributed by atoms with Crippen molar-refractivity contribution in [2.75, 3.05) is 33.4 Å². The zero-order chi connectivity index (χ0) is 8.27. The fraction of sp³-hybridized carbons (Fsp3) is 1.00. The lowest BCUT2D eigenvalue weighted by atomic mass is 10.1. The maximum Gasteiger partial charge on any atom is 0.0503 e. The second kappa shape index (κ2) is 4.07. The quantitative estimate of drug-likeness (QED) is 0.524. The Balaban J connectivity index is 2.34. The Kier molecular flexibility index (Phi) is 3.34. The van der Waals surface area contributed by atoms with Gasteiger partial charge >= 0.3 is 0 Å². The molecule has 0 aromatic heterocycles. The van der Waals surface area contributed by atoms with Crippen LogP contribution in [0.4, 0.5) is 0 Å². The minimum Gasteiger partial charge on any atom is -0.381 e. The van der Waals surface area contributed by atoms with Gasteiger partial charge in [-0.2, -0.15) is 0 Å². The average molecular weight is 157 g/mol. The van der Waals surface area contributed by atoms with Gasteiger partial charge in [-0.25, -0.2) is 0 Å². The highest BCUT2D eigenvalue weighted by Crippen LogP contribution is 2.08. The lowest BCUT2D eigenvalue weighted by Gasteiger charge is -2.27. The highest BCUT2D eigenvalue weighted by Gasteiger charge is 2.14. The van der Waals surface area contributed by atoms with E-state index in [-0.39, 0.29) is 0 Å². The molecule has 11 heavy (non-hydrogen) atoms. The first-order chi connectivity index (χ1) is 5.18. The Labute approximate surface area is 69.5 Å². The van der Waals surface area contributed by atoms with Gasteiger partial charge in [0.25, 0.3) is 0 Å². The van der Waals surface area contributed by atoms with Crippen molar-refractivity contribution in [2.45, 2.75) is 13.8 Å². The summed E-state index contributed by atoms with van der Waals surface area (Å²) in [5.74, 6) is 1.37. The second-order valence-electron chi connectivity index (χ2n) is 3.97. The van der Waals surface area contributed by atoms with Gasteiger partial charge in [0.05, 0.1) is 13.2 Å². The molecule has 0 aromatic carbocycles. The van der Waals surface area contributed by atoms with E-state index in [0.29, 0.717) is 11.8 Å². The van der Waals surface area contributed by atoms with Gasteiger partial charge in [0.15, 0.2) is 0 Å². The van der Waals surface area contributed by atoms with E-state index in [0.717, 1.165) is 13.2 Å². The summed E-state index contributed by atoms with van der Waals surface area (Å²) in [4.78, 5) is 2.40. The van der Waals surface area contributed by atoms with E-state index in [9.17, 15) is 0 Å². The summed E-state index contributed by atoms with van der Waals surface area (Å²) in [6, 6.07) is 0. The van der Waals surface area contributed by atoms with Crippen LogP contribution in [0.25, 0.3) is 0 Å². The predicted molar refractivity (Wildman–Crippen MR) is 46.6 cm³/mol. The summed E-state index contributed by atoms with van der Waals surface area (Å²) >= 11 is 0. The van der Waals surface area contributed by atoms with Crippen LogP contribution < -0.4 is 0 Å². The van der Waals surface area contributed by atoms with Crippen LogP contribution in [-0.2, 0) is 4.74 Å². The highest BCUT2D eigenvalue weighted by molar-refractivity contribution is 4.65. The van der Waals surface area contributed by atoms with Gasteiger partial charge in [0.2, 0.25) is 0 Å². The van der Waals surface area contributed by atoms with E-state index in [1.165, 1.54) is 13.1 Å². The standard InChI is InChI=1S/C9H19NO/c1-8-4-10(3)5-9(2)7-11-6-8/h8-9H,4-7H2,1-3H3. The molecule has 2 atom stereocenters. The minimum atomic E-state index is 0.687. The van der Waals surface area contributed by atoms with Gasteiger partial charge in [0, 0.05) is 13.1 Å². The number of nitrogens with zero attached hydrogens (tertiary/aromatic N) is 1. The molecular formula is C9H19NO. The molecule has 0 aliphatic carbocycles. The van der Waals surface area contributed by atoms with Crippen molar-refractivity contribution in [1.82, 2.24) is 4.90 Å². The molecule has 0 bridgehead atoms. The van der Waals surface area contributed by atoms with Crippen molar-refractivity contribution in [3.05, 3.63) is 0 Å². The molecule has 2 unspecified atom stereocenters. The molecule has 1 saturated heterocycles. The topological polar surface area (TPSA) is 12.5 Å². The van der Waals surface area contributed by atoms with Crippen molar-refractivity contribution in [2.24, 2.45) is 11.8 Å². The van der Waals surface area contributed by atoms with Crippen LogP contribution in [0.5, 0.6) is 0 Å². The highest BCUT2D eigenvalue weighted by atomic mass is 16.5. The molecular weight excluding hydrogens is 138 g/mol. The van der Waals surface area contributed by atoms with Crippen molar-refractivity contribution >= 4 is 0 Å². The number of hydrogen-bond acceptors (Lipinski definition) is 2. The van der Waals surface area contributed by atoms with E-state index in [4.69, 9.17) is 4.74 Å². The normalized spacial score (nSPS) is 36.3. The summed E-state index contributed by atoms with van der Waals surface area (Å²) in [5, 5.41) is 0. The summed E-state index contributed by atoms with van der Waals surface area (Å²) < 4.78 is 5.52. The third-order valence-corrected chi connectivity index (χ3v) is 2.05. The van der Waals surface area contributed by atoms with Crippen molar-refractivity contribution in [3.8, 4) is 0 Å². The molecule has 0 saturated carbocycles. The smallest absolute Gasteiger partial charge is 0.0503 e. The maximum absolute atomic E-state index is 5.52. The summed E-state index contributed by atoms with van der Waals surface area (Å²) in [7, 11) is 2.19. The molecule has 66 valence electrons. The third-order valence-electron chi connectivity index (χ3n) is 2.05. The Morgan fingerprint density at radius 3 is 2.00 bits per heavy atom. The van der Waals surface area contributed by atoms with E-state index >= 15 is 0 Å². The van der Waals surface area contributed by atoms with Gasteiger partial charge in [-0.15, -0.1) is 0 Å². The van der Waals surface area contributed by atoms with Gasteiger partial charge < -0.3 is 9.64 Å². The molecule has 1 heterocycles. The van der Waals surface area contributed by atoms with E-state index in [2.05, 4.69) is 25.8 Å². The largest absolute Gasteiger partial charge is 0.381 e. The van der Waals surface area contributed by atoms with Crippen LogP contribution >= 0.6 is 0 Å². The molecule has 0 radical (unpaired) electrons. The van der Waals surface area contributed by atoms with Crippen LogP contribution in [-0.4, -0.2) is 38.3 Å².